The van der Waals surface area contributed by atoms with Crippen molar-refractivity contribution in [3.05, 3.63) is 48.0 Å². The molecule has 1 aromatic heterocycles. The van der Waals surface area contributed by atoms with Crippen molar-refractivity contribution in [3.63, 3.8) is 0 Å². The number of alkyl halides is 3. The molecule has 1 aliphatic heterocycles. The SMILES string of the molecule is O=C(c1cccc(OC(F)(F)F)c1)N1CCCC(Oc2ncc(F)cn2)C1. The third-order valence-electron chi connectivity index (χ3n) is 3.85. The molecule has 0 saturated carbocycles. The fourth-order valence-corrected chi connectivity index (χ4v) is 2.74. The second kappa shape index (κ2) is 7.77. The largest absolute Gasteiger partial charge is 0.573 e. The van der Waals surface area contributed by atoms with E-state index in [2.05, 4.69) is 14.7 Å². The predicted octanol–water partition coefficient (Wildman–Crippen LogP) is 3.20. The number of hydrogen-bond acceptors (Lipinski definition) is 5. The molecular formula is C17H15F4N3O3. The molecule has 27 heavy (non-hydrogen) atoms. The highest BCUT2D eigenvalue weighted by atomic mass is 19.4. The summed E-state index contributed by atoms with van der Waals surface area (Å²) in [5.74, 6) is -1.49. The molecule has 144 valence electrons. The number of piperidine rings is 1. The maximum atomic E-state index is 12.8. The minimum atomic E-state index is -4.83. The summed E-state index contributed by atoms with van der Waals surface area (Å²) in [6.07, 6.45) is -2.01. The molecule has 2 heterocycles. The van der Waals surface area contributed by atoms with E-state index in [-0.39, 0.29) is 18.1 Å². The van der Waals surface area contributed by atoms with Crippen molar-refractivity contribution in [2.24, 2.45) is 0 Å². The summed E-state index contributed by atoms with van der Waals surface area (Å²) < 4.78 is 59.3. The zero-order chi connectivity index (χ0) is 19.4. The van der Waals surface area contributed by atoms with Crippen molar-refractivity contribution in [1.29, 1.82) is 0 Å². The van der Waals surface area contributed by atoms with E-state index in [9.17, 15) is 22.4 Å². The average Bonchev–Trinajstić information content (AvgIpc) is 2.62. The number of likely N-dealkylation sites (tertiary alicyclic amines) is 1. The van der Waals surface area contributed by atoms with Crippen LogP contribution in [0.4, 0.5) is 17.6 Å². The molecule has 1 amide bonds. The highest BCUT2D eigenvalue weighted by Gasteiger charge is 2.32. The van der Waals surface area contributed by atoms with Gasteiger partial charge in [0.25, 0.3) is 5.91 Å². The van der Waals surface area contributed by atoms with Crippen LogP contribution in [0.25, 0.3) is 0 Å². The number of carbonyl (C=O) groups excluding carboxylic acids is 1. The molecule has 0 bridgehead atoms. The minimum absolute atomic E-state index is 0.00345. The zero-order valence-corrected chi connectivity index (χ0v) is 13.9. The molecule has 1 aromatic carbocycles. The summed E-state index contributed by atoms with van der Waals surface area (Å²) in [5, 5.41) is 0. The second-order valence-electron chi connectivity index (χ2n) is 5.89. The first-order valence-corrected chi connectivity index (χ1v) is 8.09. The quantitative estimate of drug-likeness (QED) is 0.757. The second-order valence-corrected chi connectivity index (χ2v) is 5.89. The molecule has 3 rings (SSSR count). The fourth-order valence-electron chi connectivity index (χ4n) is 2.74. The van der Waals surface area contributed by atoms with Gasteiger partial charge in [-0.3, -0.25) is 4.79 Å². The van der Waals surface area contributed by atoms with Crippen molar-refractivity contribution in [1.82, 2.24) is 14.9 Å². The van der Waals surface area contributed by atoms with E-state index in [4.69, 9.17) is 4.74 Å². The van der Waals surface area contributed by atoms with Gasteiger partial charge in [0.15, 0.2) is 5.82 Å². The summed E-state index contributed by atoms with van der Waals surface area (Å²) in [6.45, 7) is 0.650. The van der Waals surface area contributed by atoms with E-state index >= 15 is 0 Å². The molecule has 0 N–H and O–H groups in total. The molecule has 1 saturated heterocycles. The highest BCUT2D eigenvalue weighted by molar-refractivity contribution is 5.94. The normalized spacial score (nSPS) is 17.5. The zero-order valence-electron chi connectivity index (χ0n) is 13.9. The van der Waals surface area contributed by atoms with Crippen LogP contribution >= 0.6 is 0 Å². The van der Waals surface area contributed by atoms with Gasteiger partial charge >= 0.3 is 12.4 Å². The molecule has 0 spiro atoms. The summed E-state index contributed by atoms with van der Waals surface area (Å²) in [5.41, 5.74) is 0.0791. The first-order chi connectivity index (χ1) is 12.8. The molecule has 1 atom stereocenters. The van der Waals surface area contributed by atoms with Crippen molar-refractivity contribution >= 4 is 5.91 Å². The molecule has 2 aromatic rings. The maximum absolute atomic E-state index is 12.8. The maximum Gasteiger partial charge on any atom is 0.573 e. The lowest BCUT2D eigenvalue weighted by Gasteiger charge is -2.32. The predicted molar refractivity (Wildman–Crippen MR) is 84.7 cm³/mol. The van der Waals surface area contributed by atoms with Crippen LogP contribution in [0.5, 0.6) is 11.8 Å². The molecule has 1 fully saturated rings. The van der Waals surface area contributed by atoms with E-state index in [1.807, 2.05) is 0 Å². The van der Waals surface area contributed by atoms with Gasteiger partial charge in [0.2, 0.25) is 0 Å². The van der Waals surface area contributed by atoms with Gasteiger partial charge in [-0.1, -0.05) is 6.07 Å². The molecule has 6 nitrogen and oxygen atoms in total. The number of carbonyl (C=O) groups is 1. The van der Waals surface area contributed by atoms with Crippen LogP contribution < -0.4 is 9.47 Å². The molecular weight excluding hydrogens is 370 g/mol. The number of halogens is 4. The number of ether oxygens (including phenoxy) is 2. The summed E-state index contributed by atoms with van der Waals surface area (Å²) in [4.78, 5) is 21.5. The third-order valence-corrected chi connectivity index (χ3v) is 3.85. The number of nitrogens with zero attached hydrogens (tertiary/aromatic N) is 3. The first kappa shape index (κ1) is 18.9. The van der Waals surface area contributed by atoms with Gasteiger partial charge in [-0.25, -0.2) is 14.4 Å². The van der Waals surface area contributed by atoms with E-state index in [1.165, 1.54) is 17.0 Å². The monoisotopic (exact) mass is 385 g/mol. The van der Waals surface area contributed by atoms with Crippen LogP contribution in [0.1, 0.15) is 23.2 Å². The van der Waals surface area contributed by atoms with Crippen LogP contribution in [-0.2, 0) is 0 Å². The Labute approximate surface area is 151 Å². The Hall–Kier alpha value is -2.91. The van der Waals surface area contributed by atoms with Gasteiger partial charge in [-0.15, -0.1) is 13.2 Å². The lowest BCUT2D eigenvalue weighted by molar-refractivity contribution is -0.274. The molecule has 0 radical (unpaired) electrons. The van der Waals surface area contributed by atoms with Gasteiger partial charge in [-0.05, 0) is 31.0 Å². The van der Waals surface area contributed by atoms with E-state index in [0.29, 0.717) is 19.4 Å². The Balaban J connectivity index is 1.66. The Bertz CT molecular complexity index is 799. The van der Waals surface area contributed by atoms with E-state index in [1.54, 1.807) is 0 Å². The topological polar surface area (TPSA) is 64.5 Å². The third kappa shape index (κ3) is 5.28. The van der Waals surface area contributed by atoms with Crippen LogP contribution in [0, 0.1) is 5.82 Å². The molecule has 1 aliphatic rings. The minimum Gasteiger partial charge on any atom is -0.458 e. The Morgan fingerprint density at radius 3 is 2.67 bits per heavy atom. The summed E-state index contributed by atoms with van der Waals surface area (Å²) in [7, 11) is 0. The van der Waals surface area contributed by atoms with Crippen LogP contribution in [0.15, 0.2) is 36.7 Å². The fraction of sp³-hybridized carbons (Fsp3) is 0.353. The average molecular weight is 385 g/mol. The Morgan fingerprint density at radius 1 is 1.22 bits per heavy atom. The molecule has 1 unspecified atom stereocenters. The lowest BCUT2D eigenvalue weighted by atomic mass is 10.1. The van der Waals surface area contributed by atoms with Crippen LogP contribution in [0.2, 0.25) is 0 Å². The van der Waals surface area contributed by atoms with Gasteiger partial charge in [0.05, 0.1) is 18.9 Å². The van der Waals surface area contributed by atoms with Gasteiger partial charge < -0.3 is 14.4 Å². The summed E-state index contributed by atoms with van der Waals surface area (Å²) in [6, 6.07) is 4.90. The van der Waals surface area contributed by atoms with E-state index < -0.39 is 29.9 Å². The lowest BCUT2D eigenvalue weighted by Crippen LogP contribution is -2.44. The smallest absolute Gasteiger partial charge is 0.458 e. The molecule has 0 aliphatic carbocycles. The number of hydrogen-bond donors (Lipinski definition) is 0. The number of rotatable bonds is 4. The van der Waals surface area contributed by atoms with Crippen LogP contribution in [-0.4, -0.2) is 46.3 Å². The van der Waals surface area contributed by atoms with Crippen molar-refractivity contribution in [3.8, 4) is 11.8 Å². The van der Waals surface area contributed by atoms with Crippen molar-refractivity contribution < 1.29 is 31.8 Å². The van der Waals surface area contributed by atoms with Crippen molar-refractivity contribution in [2.45, 2.75) is 25.3 Å². The number of benzene rings is 1. The summed E-state index contributed by atoms with van der Waals surface area (Å²) >= 11 is 0. The number of aromatic nitrogens is 2. The van der Waals surface area contributed by atoms with Crippen molar-refractivity contribution in [2.75, 3.05) is 13.1 Å². The van der Waals surface area contributed by atoms with Gasteiger partial charge in [0, 0.05) is 12.1 Å². The van der Waals surface area contributed by atoms with Gasteiger partial charge in [-0.2, -0.15) is 0 Å². The first-order valence-electron chi connectivity index (χ1n) is 8.09. The Kier molecular flexibility index (Phi) is 5.43. The van der Waals surface area contributed by atoms with Crippen LogP contribution in [0.3, 0.4) is 0 Å². The Morgan fingerprint density at radius 2 is 1.96 bits per heavy atom. The highest BCUT2D eigenvalue weighted by Crippen LogP contribution is 2.24. The molecule has 10 heteroatoms. The van der Waals surface area contributed by atoms with Gasteiger partial charge in [0.1, 0.15) is 11.9 Å². The van der Waals surface area contributed by atoms with E-state index in [0.717, 1.165) is 24.5 Å². The standard InChI is InChI=1S/C17H15F4N3O3/c18-12-8-22-16(23-9-12)26-14-5-2-6-24(10-14)15(25)11-3-1-4-13(7-11)27-17(19,20)21/h1,3-4,7-9,14H,2,5-6,10H2. The number of amides is 1.